The SMILES string of the molecule is C=C(CCCCCCCCCCCC)OCc1cc(COC(=O)CCCCCCCCCCCC)cc(CN(C)C)c1. The van der Waals surface area contributed by atoms with Gasteiger partial charge in [-0.3, -0.25) is 4.79 Å². The molecule has 1 aromatic rings. The lowest BCUT2D eigenvalue weighted by atomic mass is 10.1. The summed E-state index contributed by atoms with van der Waals surface area (Å²) in [6.45, 7) is 10.4. The molecule has 0 bridgehead atoms. The van der Waals surface area contributed by atoms with E-state index < -0.39 is 0 Å². The summed E-state index contributed by atoms with van der Waals surface area (Å²) in [5.74, 6) is 0.785. The van der Waals surface area contributed by atoms with E-state index in [1.165, 1.54) is 115 Å². The molecule has 0 saturated carbocycles. The van der Waals surface area contributed by atoms with E-state index in [0.717, 1.165) is 49.1 Å². The van der Waals surface area contributed by atoms with Gasteiger partial charge in [0, 0.05) is 19.4 Å². The molecular weight excluding hydrogens is 518 g/mol. The first kappa shape index (κ1) is 38.2. The molecule has 0 saturated heterocycles. The van der Waals surface area contributed by atoms with Crippen molar-refractivity contribution in [2.75, 3.05) is 14.1 Å². The third-order valence-corrected chi connectivity index (χ3v) is 8.00. The number of esters is 1. The Morgan fingerprint density at radius 1 is 0.571 bits per heavy atom. The third kappa shape index (κ3) is 22.7. The maximum absolute atomic E-state index is 12.4. The number of rotatable bonds is 29. The van der Waals surface area contributed by atoms with Gasteiger partial charge in [-0.15, -0.1) is 0 Å². The number of hydrogen-bond donors (Lipinski definition) is 0. The molecule has 0 unspecified atom stereocenters. The van der Waals surface area contributed by atoms with Crippen LogP contribution in [-0.4, -0.2) is 25.0 Å². The molecule has 0 fully saturated rings. The van der Waals surface area contributed by atoms with E-state index in [4.69, 9.17) is 9.47 Å². The fraction of sp³-hybridized carbons (Fsp3) is 0.763. The monoisotopic (exact) mass is 586 g/mol. The zero-order valence-electron chi connectivity index (χ0n) is 28.3. The number of carbonyl (C=O) groups is 1. The fourth-order valence-electron chi connectivity index (χ4n) is 5.52. The summed E-state index contributed by atoms with van der Waals surface area (Å²) >= 11 is 0. The van der Waals surface area contributed by atoms with Crippen LogP contribution in [0, 0.1) is 0 Å². The van der Waals surface area contributed by atoms with Crippen molar-refractivity contribution in [2.45, 2.75) is 175 Å². The van der Waals surface area contributed by atoms with E-state index in [1.807, 2.05) is 0 Å². The van der Waals surface area contributed by atoms with Crippen LogP contribution in [0.3, 0.4) is 0 Å². The van der Waals surface area contributed by atoms with Crippen LogP contribution in [0.4, 0.5) is 0 Å². The summed E-state index contributed by atoms with van der Waals surface area (Å²) in [5, 5.41) is 0. The summed E-state index contributed by atoms with van der Waals surface area (Å²) in [4.78, 5) is 14.5. The Labute approximate surface area is 261 Å². The smallest absolute Gasteiger partial charge is 0.306 e. The number of carbonyl (C=O) groups excluding carboxylic acids is 1. The predicted octanol–water partition coefficient (Wildman–Crippen LogP) is 11.4. The molecule has 0 aliphatic carbocycles. The zero-order chi connectivity index (χ0) is 30.7. The first-order valence-electron chi connectivity index (χ1n) is 17.7. The highest BCUT2D eigenvalue weighted by Gasteiger charge is 2.08. The van der Waals surface area contributed by atoms with Crippen LogP contribution in [0.5, 0.6) is 0 Å². The molecule has 4 nitrogen and oxygen atoms in total. The van der Waals surface area contributed by atoms with Crippen LogP contribution in [-0.2, 0) is 34.0 Å². The van der Waals surface area contributed by atoms with E-state index in [2.05, 4.69) is 57.6 Å². The van der Waals surface area contributed by atoms with Crippen LogP contribution >= 0.6 is 0 Å². The van der Waals surface area contributed by atoms with Crippen molar-refractivity contribution in [2.24, 2.45) is 0 Å². The molecule has 0 spiro atoms. The van der Waals surface area contributed by atoms with Crippen molar-refractivity contribution in [3.05, 3.63) is 47.2 Å². The molecule has 0 aromatic heterocycles. The molecule has 0 amide bonds. The molecule has 0 heterocycles. The second-order valence-electron chi connectivity index (χ2n) is 12.7. The number of allylic oxidation sites excluding steroid dienone is 1. The van der Waals surface area contributed by atoms with Gasteiger partial charge in [0.15, 0.2) is 0 Å². The molecule has 1 aromatic carbocycles. The Kier molecular flexibility index (Phi) is 24.4. The molecular formula is C38H67NO3. The highest BCUT2D eigenvalue weighted by Crippen LogP contribution is 2.18. The third-order valence-electron chi connectivity index (χ3n) is 8.00. The van der Waals surface area contributed by atoms with Gasteiger partial charge in [-0.25, -0.2) is 0 Å². The van der Waals surface area contributed by atoms with E-state index in [0.29, 0.717) is 19.6 Å². The second kappa shape index (κ2) is 26.8. The minimum Gasteiger partial charge on any atom is -0.494 e. The van der Waals surface area contributed by atoms with Gasteiger partial charge in [-0.1, -0.05) is 148 Å². The lowest BCUT2D eigenvalue weighted by Gasteiger charge is -2.15. The Morgan fingerprint density at radius 3 is 1.40 bits per heavy atom. The summed E-state index contributed by atoms with van der Waals surface area (Å²) in [5.41, 5.74) is 3.35. The lowest BCUT2D eigenvalue weighted by Crippen LogP contribution is -2.12. The fourth-order valence-corrected chi connectivity index (χ4v) is 5.52. The Bertz CT molecular complexity index is 745. The quantitative estimate of drug-likeness (QED) is 0.0532. The van der Waals surface area contributed by atoms with Crippen molar-refractivity contribution in [1.82, 2.24) is 4.90 Å². The molecule has 242 valence electrons. The van der Waals surface area contributed by atoms with Crippen molar-refractivity contribution in [3.63, 3.8) is 0 Å². The summed E-state index contributed by atoms with van der Waals surface area (Å²) in [7, 11) is 4.15. The molecule has 42 heavy (non-hydrogen) atoms. The van der Waals surface area contributed by atoms with Crippen LogP contribution in [0.1, 0.15) is 172 Å². The molecule has 0 aliphatic heterocycles. The average Bonchev–Trinajstić information content (AvgIpc) is 2.96. The molecule has 1 rings (SSSR count). The average molecular weight is 586 g/mol. The van der Waals surface area contributed by atoms with Gasteiger partial charge in [0.2, 0.25) is 0 Å². The Balaban J connectivity index is 2.30. The Hall–Kier alpha value is -1.81. The molecule has 0 aliphatic rings. The largest absolute Gasteiger partial charge is 0.494 e. The molecule has 4 heteroatoms. The van der Waals surface area contributed by atoms with Gasteiger partial charge in [0.05, 0.1) is 5.76 Å². The summed E-state index contributed by atoms with van der Waals surface area (Å²) in [6, 6.07) is 6.46. The number of benzene rings is 1. The maximum Gasteiger partial charge on any atom is 0.306 e. The molecule has 0 radical (unpaired) electrons. The van der Waals surface area contributed by atoms with Crippen LogP contribution < -0.4 is 0 Å². The van der Waals surface area contributed by atoms with E-state index in [-0.39, 0.29) is 5.97 Å². The van der Waals surface area contributed by atoms with Crippen LogP contribution in [0.15, 0.2) is 30.5 Å². The van der Waals surface area contributed by atoms with Crippen molar-refractivity contribution in [1.29, 1.82) is 0 Å². The predicted molar refractivity (Wildman–Crippen MR) is 180 cm³/mol. The summed E-state index contributed by atoms with van der Waals surface area (Å²) < 4.78 is 11.7. The highest BCUT2D eigenvalue weighted by molar-refractivity contribution is 5.69. The van der Waals surface area contributed by atoms with E-state index in [9.17, 15) is 4.79 Å². The standard InChI is InChI=1S/C38H67NO3/c1-6-8-10-12-14-16-18-20-22-24-26-34(3)41-32-36-28-35(31-39(4)5)29-37(30-36)33-42-38(40)27-25-23-21-19-17-15-13-11-9-7-2/h28-30H,3,6-27,31-33H2,1-2,4-5H3. The number of nitrogens with zero attached hydrogens (tertiary/aromatic N) is 1. The number of ether oxygens (including phenoxy) is 2. The topological polar surface area (TPSA) is 38.8 Å². The number of unbranched alkanes of at least 4 members (excludes halogenated alkanes) is 18. The molecule has 0 N–H and O–H groups in total. The van der Waals surface area contributed by atoms with E-state index >= 15 is 0 Å². The van der Waals surface area contributed by atoms with Gasteiger partial charge < -0.3 is 14.4 Å². The van der Waals surface area contributed by atoms with Gasteiger partial charge in [0.25, 0.3) is 0 Å². The van der Waals surface area contributed by atoms with Crippen molar-refractivity contribution < 1.29 is 14.3 Å². The minimum atomic E-state index is -0.0877. The van der Waals surface area contributed by atoms with Gasteiger partial charge in [-0.05, 0) is 49.7 Å². The van der Waals surface area contributed by atoms with Gasteiger partial charge in [-0.2, -0.15) is 0 Å². The zero-order valence-corrected chi connectivity index (χ0v) is 28.3. The van der Waals surface area contributed by atoms with Crippen LogP contribution in [0.25, 0.3) is 0 Å². The normalized spacial score (nSPS) is 11.3. The Morgan fingerprint density at radius 2 is 0.952 bits per heavy atom. The second-order valence-corrected chi connectivity index (χ2v) is 12.7. The van der Waals surface area contributed by atoms with Crippen LogP contribution in [0.2, 0.25) is 0 Å². The van der Waals surface area contributed by atoms with E-state index in [1.54, 1.807) is 0 Å². The number of hydrogen-bond acceptors (Lipinski definition) is 4. The summed E-state index contributed by atoms with van der Waals surface area (Å²) in [6.07, 6.45) is 27.5. The van der Waals surface area contributed by atoms with Gasteiger partial charge in [0.1, 0.15) is 13.2 Å². The van der Waals surface area contributed by atoms with Crippen molar-refractivity contribution in [3.8, 4) is 0 Å². The first-order chi connectivity index (χ1) is 20.4. The maximum atomic E-state index is 12.4. The first-order valence-corrected chi connectivity index (χ1v) is 17.7. The highest BCUT2D eigenvalue weighted by atomic mass is 16.5. The van der Waals surface area contributed by atoms with Gasteiger partial charge >= 0.3 is 5.97 Å². The lowest BCUT2D eigenvalue weighted by molar-refractivity contribution is -0.145. The minimum absolute atomic E-state index is 0.0877. The molecule has 0 atom stereocenters. The van der Waals surface area contributed by atoms with Crippen molar-refractivity contribution >= 4 is 5.97 Å².